The molecule has 1 amide bonds. The molecule has 1 N–H and O–H groups in total. The van der Waals surface area contributed by atoms with Crippen LogP contribution in [0.5, 0.6) is 11.5 Å². The maximum absolute atomic E-state index is 12.5. The highest BCUT2D eigenvalue weighted by Crippen LogP contribution is 2.32. The monoisotopic (exact) mass is 434 g/mol. The summed E-state index contributed by atoms with van der Waals surface area (Å²) in [6.07, 6.45) is 0. The molecule has 154 valence electrons. The first kappa shape index (κ1) is 20.2. The molecule has 0 aliphatic carbocycles. The van der Waals surface area contributed by atoms with Crippen LogP contribution in [0, 0.1) is 10.1 Å². The quantitative estimate of drug-likeness (QED) is 0.274. The number of hydrogen-bond donors (Lipinski definition) is 1. The predicted molar refractivity (Wildman–Crippen MR) is 117 cm³/mol. The molecule has 0 radical (unpaired) electrons. The molecule has 4 aromatic rings. The number of para-hydroxylation sites is 1. The summed E-state index contributed by atoms with van der Waals surface area (Å²) in [5.74, 6) is 1.32. The highest BCUT2D eigenvalue weighted by Gasteiger charge is 2.16. The number of nitrogens with one attached hydrogen (secondary N) is 1. The van der Waals surface area contributed by atoms with Crippen molar-refractivity contribution in [3.05, 3.63) is 106 Å². The van der Waals surface area contributed by atoms with Gasteiger partial charge in [0.05, 0.1) is 9.95 Å². The minimum Gasteiger partial charge on any atom is -0.457 e. The molecule has 0 aliphatic heterocycles. The fourth-order valence-electron chi connectivity index (χ4n) is 2.85. The van der Waals surface area contributed by atoms with Crippen LogP contribution in [0.3, 0.4) is 0 Å². The molecule has 7 nitrogen and oxygen atoms in total. The van der Waals surface area contributed by atoms with E-state index < -0.39 is 10.8 Å². The summed E-state index contributed by atoms with van der Waals surface area (Å²) in [5.41, 5.74) is 0.892. The third-order valence-electron chi connectivity index (χ3n) is 4.35. The van der Waals surface area contributed by atoms with E-state index in [-0.39, 0.29) is 16.5 Å². The number of carbonyl (C=O) groups is 1. The van der Waals surface area contributed by atoms with Crippen LogP contribution in [0.4, 0.5) is 11.4 Å². The van der Waals surface area contributed by atoms with Crippen LogP contribution < -0.4 is 10.1 Å². The van der Waals surface area contributed by atoms with E-state index in [0.29, 0.717) is 28.5 Å². The zero-order chi connectivity index (χ0) is 21.8. The Bertz CT molecular complexity index is 1240. The number of nitro benzene ring substituents is 1. The van der Waals surface area contributed by atoms with Crippen molar-refractivity contribution in [2.24, 2.45) is 0 Å². The number of rotatable bonds is 6. The number of carbonyl (C=O) groups excluding carboxylic acids is 1. The minimum atomic E-state index is -0.535. The van der Waals surface area contributed by atoms with Gasteiger partial charge in [-0.05, 0) is 54.6 Å². The highest BCUT2D eigenvalue weighted by molar-refractivity contribution is 6.33. The second kappa shape index (κ2) is 8.73. The number of amides is 1. The van der Waals surface area contributed by atoms with E-state index in [2.05, 4.69) is 5.32 Å². The van der Waals surface area contributed by atoms with Crippen LogP contribution in [-0.4, -0.2) is 10.8 Å². The lowest BCUT2D eigenvalue weighted by atomic mass is 10.1. The molecule has 0 saturated carbocycles. The molecular weight excluding hydrogens is 420 g/mol. The van der Waals surface area contributed by atoms with Gasteiger partial charge in [0.1, 0.15) is 17.3 Å². The van der Waals surface area contributed by atoms with E-state index in [4.69, 9.17) is 20.8 Å². The number of nitro groups is 1. The van der Waals surface area contributed by atoms with Crippen molar-refractivity contribution < 1.29 is 18.9 Å². The number of furan rings is 1. The molecule has 4 rings (SSSR count). The topological polar surface area (TPSA) is 94.6 Å². The third-order valence-corrected chi connectivity index (χ3v) is 4.66. The maximum atomic E-state index is 12.5. The van der Waals surface area contributed by atoms with E-state index >= 15 is 0 Å². The summed E-state index contributed by atoms with van der Waals surface area (Å²) in [6, 6.07) is 23.4. The second-order valence-corrected chi connectivity index (χ2v) is 6.89. The number of non-ortho nitro benzene ring substituents is 1. The van der Waals surface area contributed by atoms with Gasteiger partial charge >= 0.3 is 0 Å². The molecule has 1 aromatic heterocycles. The van der Waals surface area contributed by atoms with Crippen LogP contribution in [-0.2, 0) is 0 Å². The first-order chi connectivity index (χ1) is 15.0. The van der Waals surface area contributed by atoms with Gasteiger partial charge in [-0.25, -0.2) is 0 Å². The Hall–Kier alpha value is -4.10. The fraction of sp³-hybridized carbons (Fsp3) is 0. The predicted octanol–water partition coefficient (Wildman–Crippen LogP) is 6.55. The van der Waals surface area contributed by atoms with Gasteiger partial charge in [0, 0.05) is 23.4 Å². The maximum Gasteiger partial charge on any atom is 0.291 e. The Morgan fingerprint density at radius 1 is 0.935 bits per heavy atom. The average molecular weight is 435 g/mol. The van der Waals surface area contributed by atoms with E-state index in [1.807, 2.05) is 30.3 Å². The number of nitrogens with zero attached hydrogens (tertiary/aromatic N) is 1. The summed E-state index contributed by atoms with van der Waals surface area (Å²) in [5, 5.41) is 13.7. The molecular formula is C23H15ClN2O5. The summed E-state index contributed by atoms with van der Waals surface area (Å²) in [4.78, 5) is 22.8. The van der Waals surface area contributed by atoms with Crippen molar-refractivity contribution in [2.75, 3.05) is 5.32 Å². The van der Waals surface area contributed by atoms with Gasteiger partial charge in [0.15, 0.2) is 5.76 Å². The number of anilines is 1. The Kier molecular flexibility index (Phi) is 5.68. The van der Waals surface area contributed by atoms with Gasteiger partial charge in [-0.3, -0.25) is 14.9 Å². The van der Waals surface area contributed by atoms with Crippen molar-refractivity contribution in [3.63, 3.8) is 0 Å². The lowest BCUT2D eigenvalue weighted by Crippen LogP contribution is -2.10. The number of hydrogen-bond acceptors (Lipinski definition) is 5. The average Bonchev–Trinajstić information content (AvgIpc) is 3.26. The first-order valence-corrected chi connectivity index (χ1v) is 9.56. The summed E-state index contributed by atoms with van der Waals surface area (Å²) < 4.78 is 11.3. The van der Waals surface area contributed by atoms with Gasteiger partial charge in [-0.15, -0.1) is 0 Å². The lowest BCUT2D eigenvalue weighted by molar-refractivity contribution is -0.384. The third kappa shape index (κ3) is 4.73. The lowest BCUT2D eigenvalue weighted by Gasteiger charge is -2.07. The van der Waals surface area contributed by atoms with Crippen molar-refractivity contribution in [2.45, 2.75) is 0 Å². The number of benzene rings is 3. The Morgan fingerprint density at radius 3 is 2.32 bits per heavy atom. The van der Waals surface area contributed by atoms with Crippen molar-refractivity contribution in [1.82, 2.24) is 0 Å². The van der Waals surface area contributed by atoms with Gasteiger partial charge in [0.25, 0.3) is 11.6 Å². The minimum absolute atomic E-state index is 0.0778. The molecule has 1 heterocycles. The molecule has 0 unspecified atom stereocenters. The standard InChI is InChI=1S/C23H15ClN2O5/c24-20-14-16(26(28)29)8-11-19(20)21-12-13-22(31-21)23(27)25-15-6-9-18(10-7-15)30-17-4-2-1-3-5-17/h1-14H,(H,25,27). The highest BCUT2D eigenvalue weighted by atomic mass is 35.5. The summed E-state index contributed by atoms with van der Waals surface area (Å²) >= 11 is 6.12. The zero-order valence-electron chi connectivity index (χ0n) is 15.9. The normalized spacial score (nSPS) is 10.5. The molecule has 0 spiro atoms. The van der Waals surface area contributed by atoms with Crippen LogP contribution in [0.15, 0.2) is 89.3 Å². The number of ether oxygens (including phenoxy) is 1. The van der Waals surface area contributed by atoms with Crippen molar-refractivity contribution in [3.8, 4) is 22.8 Å². The SMILES string of the molecule is O=C(Nc1ccc(Oc2ccccc2)cc1)c1ccc(-c2ccc([N+](=O)[O-])cc2Cl)o1. The second-order valence-electron chi connectivity index (χ2n) is 6.48. The Labute approximate surface area is 182 Å². The number of halogens is 1. The van der Waals surface area contributed by atoms with Crippen LogP contribution >= 0.6 is 11.6 Å². The molecule has 31 heavy (non-hydrogen) atoms. The van der Waals surface area contributed by atoms with Crippen LogP contribution in [0.25, 0.3) is 11.3 Å². The van der Waals surface area contributed by atoms with Gasteiger partial charge < -0.3 is 14.5 Å². The van der Waals surface area contributed by atoms with E-state index in [1.54, 1.807) is 30.3 Å². The van der Waals surface area contributed by atoms with Crippen molar-refractivity contribution in [1.29, 1.82) is 0 Å². The van der Waals surface area contributed by atoms with E-state index in [0.717, 1.165) is 0 Å². The molecule has 0 atom stereocenters. The molecule has 3 aromatic carbocycles. The van der Waals surface area contributed by atoms with Gasteiger partial charge in [-0.1, -0.05) is 29.8 Å². The van der Waals surface area contributed by atoms with E-state index in [1.165, 1.54) is 24.3 Å². The molecule has 0 bridgehead atoms. The summed E-state index contributed by atoms with van der Waals surface area (Å²) in [7, 11) is 0. The largest absolute Gasteiger partial charge is 0.457 e. The molecule has 0 saturated heterocycles. The Morgan fingerprint density at radius 2 is 1.65 bits per heavy atom. The molecule has 0 aliphatic rings. The van der Waals surface area contributed by atoms with Crippen LogP contribution in [0.2, 0.25) is 5.02 Å². The van der Waals surface area contributed by atoms with Crippen molar-refractivity contribution >= 4 is 28.9 Å². The van der Waals surface area contributed by atoms with Gasteiger partial charge in [0.2, 0.25) is 0 Å². The first-order valence-electron chi connectivity index (χ1n) is 9.18. The molecule has 0 fully saturated rings. The van der Waals surface area contributed by atoms with Gasteiger partial charge in [-0.2, -0.15) is 0 Å². The zero-order valence-corrected chi connectivity index (χ0v) is 16.7. The fourth-order valence-corrected chi connectivity index (χ4v) is 3.11. The smallest absolute Gasteiger partial charge is 0.291 e. The molecule has 8 heteroatoms. The Balaban J connectivity index is 1.44. The van der Waals surface area contributed by atoms with Crippen LogP contribution in [0.1, 0.15) is 10.6 Å². The van der Waals surface area contributed by atoms with E-state index in [9.17, 15) is 14.9 Å². The summed E-state index contributed by atoms with van der Waals surface area (Å²) in [6.45, 7) is 0.